The Labute approximate surface area is 201 Å². The maximum Gasteiger partial charge on any atom is 0.275 e. The molecule has 1 atom stereocenters. The zero-order chi connectivity index (χ0) is 24.1. The number of hydrogen-bond donors (Lipinski definition) is 2. The number of benzene rings is 2. The third-order valence-corrected chi connectivity index (χ3v) is 6.75. The smallest absolute Gasteiger partial charge is 0.275 e. The lowest BCUT2D eigenvalue weighted by Crippen LogP contribution is -2.42. The lowest BCUT2D eigenvalue weighted by atomic mass is 10.2. The molecule has 2 N–H and O–H groups in total. The fraction of sp³-hybridized carbons (Fsp3) is 0.143. The van der Waals surface area contributed by atoms with Crippen LogP contribution in [-0.2, 0) is 4.79 Å². The van der Waals surface area contributed by atoms with E-state index in [2.05, 4.69) is 15.7 Å². The van der Waals surface area contributed by atoms with Crippen LogP contribution in [0.2, 0.25) is 0 Å². The van der Waals surface area contributed by atoms with Crippen molar-refractivity contribution < 1.29 is 14.6 Å². The molecule has 1 aromatic heterocycles. The van der Waals surface area contributed by atoms with Crippen molar-refractivity contribution >= 4 is 51.6 Å². The van der Waals surface area contributed by atoms with Gasteiger partial charge in [0, 0.05) is 48.9 Å². The summed E-state index contributed by atoms with van der Waals surface area (Å²) in [6, 6.07) is 12.1. The van der Waals surface area contributed by atoms with Crippen LogP contribution in [0.5, 0.6) is 0 Å². The number of hydrogen-bond acceptors (Lipinski definition) is 10. The van der Waals surface area contributed by atoms with Crippen molar-refractivity contribution in [2.75, 3.05) is 18.4 Å². The van der Waals surface area contributed by atoms with Gasteiger partial charge in [-0.1, -0.05) is 36.0 Å². The topological polar surface area (TPSA) is 144 Å². The largest absolute Gasteiger partial charge is 0.360 e. The predicted molar refractivity (Wildman–Crippen MR) is 130 cm³/mol. The van der Waals surface area contributed by atoms with Gasteiger partial charge in [-0.25, -0.2) is 10.4 Å². The molecule has 1 amide bonds. The average Bonchev–Trinajstić information content (AvgIpc) is 3.45. The molecule has 2 heterocycles. The van der Waals surface area contributed by atoms with Crippen LogP contribution >= 0.6 is 23.1 Å². The quantitative estimate of drug-likeness (QED) is 0.192. The van der Waals surface area contributed by atoms with Gasteiger partial charge in [0.1, 0.15) is 5.37 Å². The van der Waals surface area contributed by atoms with Gasteiger partial charge < -0.3 is 5.32 Å². The Bertz CT molecular complexity index is 1250. The fourth-order valence-electron chi connectivity index (χ4n) is 3.24. The number of aromatic nitrogens is 1. The van der Waals surface area contributed by atoms with E-state index in [0.717, 1.165) is 5.13 Å². The summed E-state index contributed by atoms with van der Waals surface area (Å²) in [5, 5.41) is 29.0. The minimum atomic E-state index is -0.558. The molecular weight excluding hydrogens is 480 g/mol. The van der Waals surface area contributed by atoms with Crippen LogP contribution in [-0.4, -0.2) is 38.8 Å². The Kier molecular flexibility index (Phi) is 7.15. The highest BCUT2D eigenvalue weighted by atomic mass is 32.2. The molecule has 13 heteroatoms. The molecule has 1 aliphatic heterocycles. The molecule has 1 saturated heterocycles. The molecule has 1 unspecified atom stereocenters. The number of rotatable bonds is 9. The van der Waals surface area contributed by atoms with E-state index in [1.807, 2.05) is 5.38 Å². The Morgan fingerprint density at radius 1 is 1.06 bits per heavy atom. The highest BCUT2D eigenvalue weighted by Crippen LogP contribution is 2.45. The molecule has 4 rings (SSSR count). The van der Waals surface area contributed by atoms with E-state index in [9.17, 15) is 25.0 Å². The van der Waals surface area contributed by atoms with E-state index in [0.29, 0.717) is 29.1 Å². The zero-order valence-electron chi connectivity index (χ0n) is 17.5. The first-order valence-corrected chi connectivity index (χ1v) is 11.8. The number of carbonyl (C=O) groups excluding carboxylic acids is 1. The second kappa shape index (κ2) is 10.4. The van der Waals surface area contributed by atoms with E-state index < -0.39 is 15.2 Å². The Morgan fingerprint density at radius 3 is 2.50 bits per heavy atom. The lowest BCUT2D eigenvalue weighted by Gasteiger charge is -2.24. The summed E-state index contributed by atoms with van der Waals surface area (Å²) >= 11 is 2.67. The predicted octanol–water partition coefficient (Wildman–Crippen LogP) is 4.19. The number of nitrogens with zero attached hydrogens (tertiary/aromatic N) is 4. The van der Waals surface area contributed by atoms with E-state index in [1.165, 1.54) is 52.4 Å². The van der Waals surface area contributed by atoms with E-state index in [-0.39, 0.29) is 17.3 Å². The van der Waals surface area contributed by atoms with E-state index in [1.54, 1.807) is 36.5 Å². The first-order valence-electron chi connectivity index (χ1n) is 10.00. The van der Waals surface area contributed by atoms with Crippen molar-refractivity contribution in [3.8, 4) is 0 Å². The van der Waals surface area contributed by atoms with Gasteiger partial charge in [-0.15, -0.1) is 11.3 Å². The van der Waals surface area contributed by atoms with Gasteiger partial charge in [-0.2, -0.15) is 0 Å². The molecular formula is C21H18N6O5S2. The minimum absolute atomic E-state index is 0.0768. The standard InChI is InChI=1S/C21H18N6O5S2/c28-19-18(12-14-3-1-5-16(11-14)26(29)30)34-20(15-4-2-6-17(13-15)27(31)32)25(19)24-8-7-22-21-23-9-10-33-21/h1-6,9-13,20,24H,7-8H2,(H,22,23)/b18-12+. The van der Waals surface area contributed by atoms with Crippen molar-refractivity contribution in [1.29, 1.82) is 0 Å². The number of carbonyl (C=O) groups is 1. The van der Waals surface area contributed by atoms with Crippen molar-refractivity contribution in [3.05, 3.63) is 96.4 Å². The molecule has 0 spiro atoms. The molecule has 2 aromatic carbocycles. The second-order valence-corrected chi connectivity index (χ2v) is 9.05. The van der Waals surface area contributed by atoms with Gasteiger partial charge in [0.05, 0.1) is 14.8 Å². The highest BCUT2D eigenvalue weighted by Gasteiger charge is 2.37. The first kappa shape index (κ1) is 23.4. The molecule has 0 bridgehead atoms. The number of nitro benzene ring substituents is 2. The molecule has 3 aromatic rings. The van der Waals surface area contributed by atoms with Gasteiger partial charge in [-0.05, 0) is 17.2 Å². The van der Waals surface area contributed by atoms with Crippen LogP contribution in [0, 0.1) is 20.2 Å². The molecule has 174 valence electrons. The Balaban J connectivity index is 1.58. The number of anilines is 1. The molecule has 34 heavy (non-hydrogen) atoms. The Morgan fingerprint density at radius 2 is 1.79 bits per heavy atom. The third kappa shape index (κ3) is 5.39. The number of hydrazine groups is 1. The summed E-state index contributed by atoms with van der Waals surface area (Å²) in [7, 11) is 0. The summed E-state index contributed by atoms with van der Waals surface area (Å²) in [6.45, 7) is 0.884. The third-order valence-electron chi connectivity index (χ3n) is 4.76. The molecule has 11 nitrogen and oxygen atoms in total. The number of nitrogens with one attached hydrogen (secondary N) is 2. The maximum atomic E-state index is 13.2. The number of non-ortho nitro benzene ring substituents is 2. The molecule has 1 fully saturated rings. The summed E-state index contributed by atoms with van der Waals surface area (Å²) in [5.41, 5.74) is 4.03. The summed E-state index contributed by atoms with van der Waals surface area (Å²) < 4.78 is 0. The van der Waals surface area contributed by atoms with E-state index >= 15 is 0 Å². The average molecular weight is 499 g/mol. The van der Waals surface area contributed by atoms with Gasteiger partial charge in [0.2, 0.25) is 0 Å². The first-order chi connectivity index (χ1) is 16.4. The van der Waals surface area contributed by atoms with Crippen LogP contribution < -0.4 is 10.7 Å². The van der Waals surface area contributed by atoms with Gasteiger partial charge in [-0.3, -0.25) is 30.0 Å². The lowest BCUT2D eigenvalue weighted by molar-refractivity contribution is -0.385. The summed E-state index contributed by atoms with van der Waals surface area (Å²) in [4.78, 5) is 39.1. The monoisotopic (exact) mass is 498 g/mol. The number of nitro groups is 2. The molecule has 0 saturated carbocycles. The van der Waals surface area contributed by atoms with Crippen molar-refractivity contribution in [3.63, 3.8) is 0 Å². The van der Waals surface area contributed by atoms with E-state index in [4.69, 9.17) is 0 Å². The number of thioether (sulfide) groups is 1. The van der Waals surface area contributed by atoms with Gasteiger partial charge in [0.25, 0.3) is 17.3 Å². The Hall–Kier alpha value is -3.81. The van der Waals surface area contributed by atoms with Gasteiger partial charge in [0.15, 0.2) is 5.13 Å². The van der Waals surface area contributed by atoms with Crippen LogP contribution in [0.15, 0.2) is 65.0 Å². The van der Waals surface area contributed by atoms with Crippen molar-refractivity contribution in [1.82, 2.24) is 15.4 Å². The highest BCUT2D eigenvalue weighted by molar-refractivity contribution is 8.04. The molecule has 0 radical (unpaired) electrons. The van der Waals surface area contributed by atoms with Gasteiger partial charge >= 0.3 is 0 Å². The number of thiazole rings is 1. The summed E-state index contributed by atoms with van der Waals surface area (Å²) in [5.74, 6) is -0.331. The molecule has 0 aliphatic carbocycles. The summed E-state index contributed by atoms with van der Waals surface area (Å²) in [6.07, 6.45) is 3.27. The SMILES string of the molecule is O=C1/C(=C\c2cccc([N+](=O)[O-])c2)SC(c2cccc([N+](=O)[O-])c2)N1NCCNc1nccs1. The van der Waals surface area contributed by atoms with Crippen LogP contribution in [0.4, 0.5) is 16.5 Å². The van der Waals surface area contributed by atoms with Crippen LogP contribution in [0.3, 0.4) is 0 Å². The molecule has 1 aliphatic rings. The van der Waals surface area contributed by atoms with Crippen LogP contribution in [0.25, 0.3) is 6.08 Å². The number of amides is 1. The zero-order valence-corrected chi connectivity index (χ0v) is 19.1. The van der Waals surface area contributed by atoms with Crippen LogP contribution in [0.1, 0.15) is 16.5 Å². The second-order valence-electron chi connectivity index (χ2n) is 7.03. The normalized spacial score (nSPS) is 16.7. The minimum Gasteiger partial charge on any atom is -0.360 e. The van der Waals surface area contributed by atoms with Crippen molar-refractivity contribution in [2.45, 2.75) is 5.37 Å². The fourth-order valence-corrected chi connectivity index (χ4v) is 5.00. The van der Waals surface area contributed by atoms with Crippen molar-refractivity contribution in [2.24, 2.45) is 0 Å². The maximum absolute atomic E-state index is 13.2.